The van der Waals surface area contributed by atoms with Crippen LogP contribution in [0.5, 0.6) is 5.75 Å². The molecule has 2 fully saturated rings. The first-order valence-corrected chi connectivity index (χ1v) is 9.85. The van der Waals surface area contributed by atoms with E-state index in [2.05, 4.69) is 10.3 Å². The molecular formula is C21H25FN4O3. The molecule has 4 rings (SSSR count). The van der Waals surface area contributed by atoms with Gasteiger partial charge in [-0.1, -0.05) is 6.92 Å². The number of nitrogens with two attached hydrogens (primary N) is 1. The van der Waals surface area contributed by atoms with Gasteiger partial charge in [-0.25, -0.2) is 9.37 Å². The molecule has 3 unspecified atom stereocenters. The van der Waals surface area contributed by atoms with E-state index < -0.39 is 23.4 Å². The largest absolute Gasteiger partial charge is 0.490 e. The summed E-state index contributed by atoms with van der Waals surface area (Å²) in [5.41, 5.74) is 5.09. The quantitative estimate of drug-likeness (QED) is 0.802. The van der Waals surface area contributed by atoms with Gasteiger partial charge in [-0.3, -0.25) is 9.59 Å². The summed E-state index contributed by atoms with van der Waals surface area (Å²) in [6.45, 7) is 6.52. The number of hydrogen-bond acceptors (Lipinski definition) is 5. The number of carbonyl (C=O) groups excluding carboxylic acids is 2. The minimum Gasteiger partial charge on any atom is -0.490 e. The molecule has 29 heavy (non-hydrogen) atoms. The SMILES string of the molecule is CCC12CN(c3nccc4cc(C(N)=O)c(OC(C)C)cc34)CC1NC(=O)C2F. The summed E-state index contributed by atoms with van der Waals surface area (Å²) in [7, 11) is 0. The molecule has 3 heterocycles. The van der Waals surface area contributed by atoms with Crippen LogP contribution in [0.2, 0.25) is 0 Å². The lowest BCUT2D eigenvalue weighted by Crippen LogP contribution is -2.38. The van der Waals surface area contributed by atoms with Crippen molar-refractivity contribution >= 4 is 28.4 Å². The molecule has 0 aliphatic carbocycles. The number of pyridine rings is 1. The van der Waals surface area contributed by atoms with Crippen LogP contribution in [0.15, 0.2) is 24.4 Å². The molecule has 3 N–H and O–H groups in total. The molecule has 0 saturated carbocycles. The third-order valence-electron chi connectivity index (χ3n) is 6.06. The molecule has 2 saturated heterocycles. The van der Waals surface area contributed by atoms with Crippen LogP contribution in [0.3, 0.4) is 0 Å². The summed E-state index contributed by atoms with van der Waals surface area (Å²) in [5.74, 6) is -0.0167. The molecule has 7 nitrogen and oxygen atoms in total. The predicted octanol–water partition coefficient (Wildman–Crippen LogP) is 2.17. The summed E-state index contributed by atoms with van der Waals surface area (Å²) >= 11 is 0. The molecule has 0 bridgehead atoms. The summed E-state index contributed by atoms with van der Waals surface area (Å²) in [6, 6.07) is 5.02. The van der Waals surface area contributed by atoms with E-state index in [0.717, 1.165) is 10.8 Å². The molecule has 0 radical (unpaired) electrons. The van der Waals surface area contributed by atoms with Gasteiger partial charge in [-0.05, 0) is 43.9 Å². The lowest BCUT2D eigenvalue weighted by atomic mass is 9.79. The maximum atomic E-state index is 14.7. The number of amides is 2. The van der Waals surface area contributed by atoms with E-state index in [-0.39, 0.29) is 12.1 Å². The zero-order chi connectivity index (χ0) is 20.9. The molecule has 3 atom stereocenters. The number of hydrogen-bond donors (Lipinski definition) is 2. The maximum absolute atomic E-state index is 14.7. The molecule has 0 spiro atoms. The van der Waals surface area contributed by atoms with Crippen LogP contribution in [-0.4, -0.2) is 48.2 Å². The van der Waals surface area contributed by atoms with Crippen molar-refractivity contribution in [3.63, 3.8) is 0 Å². The van der Waals surface area contributed by atoms with Gasteiger partial charge in [-0.2, -0.15) is 0 Å². The molecule has 1 aromatic carbocycles. The Kier molecular flexibility index (Phi) is 4.59. The van der Waals surface area contributed by atoms with Crippen LogP contribution < -0.4 is 20.7 Å². The van der Waals surface area contributed by atoms with Crippen molar-refractivity contribution < 1.29 is 18.7 Å². The fourth-order valence-electron chi connectivity index (χ4n) is 4.56. The van der Waals surface area contributed by atoms with Crippen molar-refractivity contribution in [3.8, 4) is 5.75 Å². The minimum absolute atomic E-state index is 0.136. The first-order chi connectivity index (χ1) is 13.8. The average molecular weight is 400 g/mol. The molecule has 8 heteroatoms. The van der Waals surface area contributed by atoms with Crippen molar-refractivity contribution in [1.82, 2.24) is 10.3 Å². The van der Waals surface area contributed by atoms with Crippen LogP contribution in [0.4, 0.5) is 10.2 Å². The summed E-state index contributed by atoms with van der Waals surface area (Å²) in [4.78, 5) is 30.3. The Labute approximate surface area is 168 Å². The zero-order valence-corrected chi connectivity index (χ0v) is 16.7. The molecule has 2 aliphatic heterocycles. The number of aromatic nitrogens is 1. The number of primary amides is 1. The van der Waals surface area contributed by atoms with Gasteiger partial charge in [0.15, 0.2) is 6.17 Å². The van der Waals surface area contributed by atoms with E-state index in [4.69, 9.17) is 10.5 Å². The topological polar surface area (TPSA) is 97.6 Å². The van der Waals surface area contributed by atoms with Crippen LogP contribution in [-0.2, 0) is 4.79 Å². The Hall–Kier alpha value is -2.90. The second kappa shape index (κ2) is 6.86. The van der Waals surface area contributed by atoms with Gasteiger partial charge in [-0.15, -0.1) is 0 Å². The van der Waals surface area contributed by atoms with E-state index in [1.54, 1.807) is 24.4 Å². The first-order valence-electron chi connectivity index (χ1n) is 9.85. The normalized spacial score (nSPS) is 26.1. The predicted molar refractivity (Wildman–Crippen MR) is 108 cm³/mol. The van der Waals surface area contributed by atoms with Crippen LogP contribution in [0.1, 0.15) is 37.6 Å². The van der Waals surface area contributed by atoms with Crippen molar-refractivity contribution in [3.05, 3.63) is 30.0 Å². The smallest absolute Gasteiger partial charge is 0.255 e. The minimum atomic E-state index is -1.53. The first kappa shape index (κ1) is 19.4. The molecular weight excluding hydrogens is 375 g/mol. The highest BCUT2D eigenvalue weighted by atomic mass is 19.1. The van der Waals surface area contributed by atoms with E-state index in [9.17, 15) is 14.0 Å². The Bertz CT molecular complexity index is 995. The molecule has 1 aromatic heterocycles. The monoisotopic (exact) mass is 400 g/mol. The standard InChI is InChI=1S/C21H25FN4O3/c1-4-21-10-26(9-16(21)25-20(28)17(21)22)19-13-8-15(29-11(2)3)14(18(23)27)7-12(13)5-6-24-19/h5-8,11,16-17H,4,9-10H2,1-3H3,(H2,23,27)(H,25,28). The lowest BCUT2D eigenvalue weighted by molar-refractivity contribution is -0.125. The highest BCUT2D eigenvalue weighted by molar-refractivity contribution is 6.03. The van der Waals surface area contributed by atoms with Crippen molar-refractivity contribution in [2.75, 3.05) is 18.0 Å². The van der Waals surface area contributed by atoms with Crippen molar-refractivity contribution in [2.24, 2.45) is 11.1 Å². The van der Waals surface area contributed by atoms with Crippen LogP contribution in [0.25, 0.3) is 10.8 Å². The number of nitrogens with one attached hydrogen (secondary N) is 1. The number of anilines is 1. The maximum Gasteiger partial charge on any atom is 0.255 e. The second-order valence-corrected chi connectivity index (χ2v) is 8.13. The van der Waals surface area contributed by atoms with E-state index in [1.807, 2.05) is 25.7 Å². The highest BCUT2D eigenvalue weighted by Gasteiger charge is 2.59. The Morgan fingerprint density at radius 2 is 2.24 bits per heavy atom. The third kappa shape index (κ3) is 2.97. The summed E-state index contributed by atoms with van der Waals surface area (Å²) in [5, 5.41) is 4.38. The van der Waals surface area contributed by atoms with Gasteiger partial charge in [0.05, 0.1) is 17.7 Å². The summed E-state index contributed by atoms with van der Waals surface area (Å²) in [6.07, 6.45) is 0.539. The number of carbonyl (C=O) groups is 2. The van der Waals surface area contributed by atoms with Crippen LogP contribution in [0, 0.1) is 5.41 Å². The van der Waals surface area contributed by atoms with Crippen molar-refractivity contribution in [2.45, 2.75) is 45.5 Å². The number of ether oxygens (including phenoxy) is 1. The number of fused-ring (bicyclic) bond motifs is 2. The number of alkyl halides is 1. The Morgan fingerprint density at radius 1 is 1.48 bits per heavy atom. The average Bonchev–Trinajstić information content (AvgIpc) is 3.14. The third-order valence-corrected chi connectivity index (χ3v) is 6.06. The van der Waals surface area contributed by atoms with Gasteiger partial charge in [0.2, 0.25) is 0 Å². The Morgan fingerprint density at radius 3 is 2.86 bits per heavy atom. The van der Waals surface area contributed by atoms with Gasteiger partial charge in [0.25, 0.3) is 11.8 Å². The fraction of sp³-hybridized carbons (Fsp3) is 0.476. The lowest BCUT2D eigenvalue weighted by Gasteiger charge is -2.28. The summed E-state index contributed by atoms with van der Waals surface area (Å²) < 4.78 is 20.6. The molecule has 2 amide bonds. The number of benzene rings is 1. The van der Waals surface area contributed by atoms with Gasteiger partial charge in [0.1, 0.15) is 11.6 Å². The number of rotatable bonds is 5. The fourth-order valence-corrected chi connectivity index (χ4v) is 4.56. The van der Waals surface area contributed by atoms with Gasteiger partial charge in [0, 0.05) is 30.1 Å². The molecule has 2 aliphatic rings. The number of halogens is 1. The second-order valence-electron chi connectivity index (χ2n) is 8.13. The molecule has 154 valence electrons. The van der Waals surface area contributed by atoms with Crippen molar-refractivity contribution in [1.29, 1.82) is 0 Å². The highest BCUT2D eigenvalue weighted by Crippen LogP contribution is 2.45. The Balaban J connectivity index is 1.79. The molecule has 2 aromatic rings. The van der Waals surface area contributed by atoms with E-state index >= 15 is 0 Å². The van der Waals surface area contributed by atoms with Gasteiger partial charge < -0.3 is 20.7 Å². The van der Waals surface area contributed by atoms with Gasteiger partial charge >= 0.3 is 0 Å². The van der Waals surface area contributed by atoms with Crippen LogP contribution >= 0.6 is 0 Å². The van der Waals surface area contributed by atoms with E-state index in [0.29, 0.717) is 36.6 Å². The number of nitrogens with zero attached hydrogens (tertiary/aromatic N) is 2. The van der Waals surface area contributed by atoms with E-state index in [1.165, 1.54) is 0 Å². The zero-order valence-electron chi connectivity index (χ0n) is 16.7.